The van der Waals surface area contributed by atoms with Crippen molar-refractivity contribution in [1.82, 2.24) is 39.6 Å². The SMILES string of the molecule is CN1CCN(c2nnc(C(=O)N3CCc4[nH]cnc4C3c3cc4ccccn4n3)o2)CC1. The Morgan fingerprint density at radius 1 is 1.16 bits per heavy atom. The summed E-state index contributed by atoms with van der Waals surface area (Å²) in [4.78, 5) is 27.2. The van der Waals surface area contributed by atoms with Crippen molar-refractivity contribution in [3.05, 3.63) is 59.8 Å². The molecule has 4 aromatic rings. The van der Waals surface area contributed by atoms with Crippen LogP contribution in [-0.4, -0.2) is 85.3 Å². The summed E-state index contributed by atoms with van der Waals surface area (Å²) in [6.07, 6.45) is 4.23. The number of anilines is 1. The van der Waals surface area contributed by atoms with Gasteiger partial charge in [-0.15, -0.1) is 5.10 Å². The first-order valence-corrected chi connectivity index (χ1v) is 10.7. The van der Waals surface area contributed by atoms with Crippen molar-refractivity contribution >= 4 is 17.4 Å². The van der Waals surface area contributed by atoms with Gasteiger partial charge in [0, 0.05) is 51.0 Å². The maximum Gasteiger partial charge on any atom is 0.318 e. The molecule has 0 radical (unpaired) electrons. The average Bonchev–Trinajstić information content (AvgIpc) is 3.57. The first kappa shape index (κ1) is 19.0. The van der Waals surface area contributed by atoms with Gasteiger partial charge in [-0.05, 0) is 25.2 Å². The number of hydrogen-bond acceptors (Lipinski definition) is 8. The number of nitrogens with one attached hydrogen (secondary N) is 1. The zero-order chi connectivity index (χ0) is 21.7. The number of fused-ring (bicyclic) bond motifs is 2. The van der Waals surface area contributed by atoms with Crippen LogP contribution in [0.5, 0.6) is 0 Å². The van der Waals surface area contributed by atoms with Crippen LogP contribution in [0.3, 0.4) is 0 Å². The molecule has 0 bridgehead atoms. The van der Waals surface area contributed by atoms with Crippen molar-refractivity contribution in [2.45, 2.75) is 12.5 Å². The second-order valence-corrected chi connectivity index (χ2v) is 8.24. The molecule has 2 aliphatic heterocycles. The van der Waals surface area contributed by atoms with E-state index < -0.39 is 6.04 Å². The summed E-state index contributed by atoms with van der Waals surface area (Å²) in [6.45, 7) is 3.90. The van der Waals surface area contributed by atoms with E-state index in [1.165, 1.54) is 0 Å². The molecular weight excluding hydrogens is 410 g/mol. The van der Waals surface area contributed by atoms with Crippen LogP contribution in [0, 0.1) is 0 Å². The lowest BCUT2D eigenvalue weighted by molar-refractivity contribution is 0.0646. The summed E-state index contributed by atoms with van der Waals surface area (Å²) in [5, 5.41) is 12.9. The summed E-state index contributed by atoms with van der Waals surface area (Å²) < 4.78 is 7.63. The van der Waals surface area contributed by atoms with Crippen molar-refractivity contribution in [1.29, 1.82) is 0 Å². The molecule has 0 aromatic carbocycles. The second-order valence-electron chi connectivity index (χ2n) is 8.24. The van der Waals surface area contributed by atoms with Crippen LogP contribution in [0.15, 0.2) is 41.2 Å². The van der Waals surface area contributed by atoms with Crippen molar-refractivity contribution < 1.29 is 9.21 Å². The second kappa shape index (κ2) is 7.45. The van der Waals surface area contributed by atoms with Gasteiger partial charge in [0.2, 0.25) is 0 Å². The van der Waals surface area contributed by atoms with Gasteiger partial charge in [0.05, 0.1) is 23.2 Å². The molecule has 2 aliphatic rings. The number of nitrogens with zero attached hydrogens (tertiary/aromatic N) is 8. The highest BCUT2D eigenvalue weighted by Crippen LogP contribution is 2.34. The Morgan fingerprint density at radius 3 is 2.88 bits per heavy atom. The Bertz CT molecular complexity index is 1230. The molecule has 1 unspecified atom stereocenters. The molecule has 32 heavy (non-hydrogen) atoms. The maximum atomic E-state index is 13.5. The van der Waals surface area contributed by atoms with E-state index in [-0.39, 0.29) is 11.8 Å². The van der Waals surface area contributed by atoms with Gasteiger partial charge in [0.1, 0.15) is 6.04 Å². The van der Waals surface area contributed by atoms with E-state index in [1.54, 1.807) is 15.7 Å². The van der Waals surface area contributed by atoms with Gasteiger partial charge in [0.25, 0.3) is 0 Å². The van der Waals surface area contributed by atoms with Crippen LogP contribution in [0.1, 0.15) is 33.8 Å². The lowest BCUT2D eigenvalue weighted by Gasteiger charge is -2.33. The number of carbonyl (C=O) groups excluding carboxylic acids is 1. The van der Waals surface area contributed by atoms with Crippen molar-refractivity contribution in [3.8, 4) is 0 Å². The molecule has 11 heteroatoms. The highest BCUT2D eigenvalue weighted by molar-refractivity contribution is 5.90. The van der Waals surface area contributed by atoms with Crippen molar-refractivity contribution in [2.24, 2.45) is 0 Å². The summed E-state index contributed by atoms with van der Waals surface area (Å²) in [5.74, 6) is -0.319. The Labute approximate surface area is 183 Å². The lowest BCUT2D eigenvalue weighted by Crippen LogP contribution is -2.44. The molecule has 4 aromatic heterocycles. The van der Waals surface area contributed by atoms with E-state index in [2.05, 4.69) is 32.1 Å². The molecule has 164 valence electrons. The van der Waals surface area contributed by atoms with E-state index in [9.17, 15) is 4.79 Å². The number of likely N-dealkylation sites (N-methyl/N-ethyl adjacent to an activating group) is 1. The van der Waals surface area contributed by atoms with E-state index in [1.807, 2.05) is 35.4 Å². The third kappa shape index (κ3) is 3.12. The zero-order valence-corrected chi connectivity index (χ0v) is 17.7. The number of rotatable bonds is 3. The molecule has 0 spiro atoms. The molecule has 6 heterocycles. The number of imidazole rings is 1. The molecule has 1 fully saturated rings. The van der Waals surface area contributed by atoms with Gasteiger partial charge in [0.15, 0.2) is 0 Å². The van der Waals surface area contributed by atoms with E-state index in [0.717, 1.165) is 48.8 Å². The highest BCUT2D eigenvalue weighted by Gasteiger charge is 2.38. The number of aromatic amines is 1. The van der Waals surface area contributed by atoms with Crippen molar-refractivity contribution in [2.75, 3.05) is 44.7 Å². The first-order valence-electron chi connectivity index (χ1n) is 10.7. The number of amides is 1. The summed E-state index contributed by atoms with van der Waals surface area (Å²) >= 11 is 0. The molecule has 0 aliphatic carbocycles. The lowest BCUT2D eigenvalue weighted by atomic mass is 9.99. The third-order valence-electron chi connectivity index (χ3n) is 6.23. The van der Waals surface area contributed by atoms with Crippen molar-refractivity contribution in [3.63, 3.8) is 0 Å². The maximum absolute atomic E-state index is 13.5. The number of aromatic nitrogens is 6. The predicted molar refractivity (Wildman–Crippen MR) is 114 cm³/mol. The Balaban J connectivity index is 1.33. The molecule has 1 amide bonds. The molecule has 1 atom stereocenters. The molecule has 1 saturated heterocycles. The summed E-state index contributed by atoms with van der Waals surface area (Å²) in [7, 11) is 2.08. The Morgan fingerprint density at radius 2 is 2.03 bits per heavy atom. The standard InChI is InChI=1S/C21H23N9O2/c1-27-8-10-28(11-9-27)21-25-24-19(32-21)20(31)29-7-5-15-17(23-13-22-15)18(29)16-12-14-4-2-3-6-30(14)26-16/h2-4,6,12-13,18H,5,7-11H2,1H3,(H,22,23). The van der Waals surface area contributed by atoms with Crippen LogP contribution in [0.25, 0.3) is 5.52 Å². The number of hydrogen-bond donors (Lipinski definition) is 1. The highest BCUT2D eigenvalue weighted by atomic mass is 16.4. The monoisotopic (exact) mass is 433 g/mol. The Hall–Kier alpha value is -3.73. The topological polar surface area (TPSA) is 112 Å². The fourth-order valence-electron chi connectivity index (χ4n) is 4.44. The fraction of sp³-hybridized carbons (Fsp3) is 0.381. The number of pyridine rings is 1. The largest absolute Gasteiger partial charge is 0.399 e. The van der Waals surface area contributed by atoms with Crippen LogP contribution in [-0.2, 0) is 6.42 Å². The minimum absolute atomic E-state index is 0.00771. The number of piperazine rings is 1. The summed E-state index contributed by atoms with van der Waals surface area (Å²) in [5.41, 5.74) is 3.51. The number of H-pyrrole nitrogens is 1. The molecule has 1 N–H and O–H groups in total. The average molecular weight is 433 g/mol. The van der Waals surface area contributed by atoms with E-state index >= 15 is 0 Å². The minimum atomic E-state index is -0.434. The van der Waals surface area contributed by atoms with Gasteiger partial charge >= 0.3 is 17.8 Å². The van der Waals surface area contributed by atoms with Crippen LogP contribution in [0.4, 0.5) is 6.01 Å². The zero-order valence-electron chi connectivity index (χ0n) is 17.7. The fourth-order valence-corrected chi connectivity index (χ4v) is 4.44. The van der Waals surface area contributed by atoms with Gasteiger partial charge in [-0.2, -0.15) is 5.10 Å². The predicted octanol–water partition coefficient (Wildman–Crippen LogP) is 0.980. The molecule has 11 nitrogen and oxygen atoms in total. The van der Waals surface area contributed by atoms with Gasteiger partial charge in [-0.25, -0.2) is 9.50 Å². The minimum Gasteiger partial charge on any atom is -0.399 e. The molecule has 6 rings (SSSR count). The summed E-state index contributed by atoms with van der Waals surface area (Å²) in [6, 6.07) is 7.81. The third-order valence-corrected chi connectivity index (χ3v) is 6.23. The quantitative estimate of drug-likeness (QED) is 0.509. The molecular formula is C21H23N9O2. The van der Waals surface area contributed by atoms with Gasteiger partial charge in [-0.1, -0.05) is 11.2 Å². The van der Waals surface area contributed by atoms with Crippen LogP contribution in [0.2, 0.25) is 0 Å². The van der Waals surface area contributed by atoms with E-state index in [0.29, 0.717) is 19.0 Å². The first-order chi connectivity index (χ1) is 15.7. The smallest absolute Gasteiger partial charge is 0.318 e. The van der Waals surface area contributed by atoms with Gasteiger partial charge in [-0.3, -0.25) is 4.79 Å². The van der Waals surface area contributed by atoms with Crippen LogP contribution >= 0.6 is 0 Å². The normalized spacial score (nSPS) is 19.5. The van der Waals surface area contributed by atoms with E-state index in [4.69, 9.17) is 9.52 Å². The van der Waals surface area contributed by atoms with Crippen LogP contribution < -0.4 is 4.90 Å². The van der Waals surface area contributed by atoms with Gasteiger partial charge < -0.3 is 24.1 Å². The molecule has 0 saturated carbocycles. The number of carbonyl (C=O) groups is 1. The Kier molecular flexibility index (Phi) is 4.42.